The lowest BCUT2D eigenvalue weighted by molar-refractivity contribution is 0.529. The van der Waals surface area contributed by atoms with Crippen molar-refractivity contribution < 1.29 is 0 Å². The molecule has 0 radical (unpaired) electrons. The second-order valence-electron chi connectivity index (χ2n) is 8.47. The first kappa shape index (κ1) is 25.0. The van der Waals surface area contributed by atoms with E-state index in [1.165, 1.54) is 120 Å². The summed E-state index contributed by atoms with van der Waals surface area (Å²) in [4.78, 5) is 0. The Morgan fingerprint density at radius 3 is 1.59 bits per heavy atom. The summed E-state index contributed by atoms with van der Waals surface area (Å²) in [6.45, 7) is 4.54. The highest BCUT2D eigenvalue weighted by atomic mass is 127. The molecular formula is C26H45I. The van der Waals surface area contributed by atoms with Gasteiger partial charge in [0.15, 0.2) is 0 Å². The molecule has 1 aromatic rings. The third kappa shape index (κ3) is 14.6. The molecule has 1 atom stereocenters. The Morgan fingerprint density at radius 2 is 1.11 bits per heavy atom. The van der Waals surface area contributed by atoms with Crippen molar-refractivity contribution in [1.29, 1.82) is 0 Å². The van der Waals surface area contributed by atoms with Crippen molar-refractivity contribution >= 4 is 22.6 Å². The summed E-state index contributed by atoms with van der Waals surface area (Å²) in [5.41, 5.74) is 2.99. The van der Waals surface area contributed by atoms with E-state index >= 15 is 0 Å². The SMILES string of the molecule is CCCCCCCCCCCCCCCCCC(I)Cc1ccccc1C. The molecule has 0 spiro atoms. The summed E-state index contributed by atoms with van der Waals surface area (Å²) in [6.07, 6.45) is 24.4. The van der Waals surface area contributed by atoms with E-state index in [2.05, 4.69) is 60.7 Å². The van der Waals surface area contributed by atoms with Crippen LogP contribution in [-0.2, 0) is 6.42 Å². The summed E-state index contributed by atoms with van der Waals surface area (Å²) in [7, 11) is 0. The minimum atomic E-state index is 0.797. The van der Waals surface area contributed by atoms with Crippen molar-refractivity contribution in [2.24, 2.45) is 0 Å². The summed E-state index contributed by atoms with van der Waals surface area (Å²) in [5.74, 6) is 0. The van der Waals surface area contributed by atoms with Crippen molar-refractivity contribution in [2.45, 2.75) is 127 Å². The molecule has 0 amide bonds. The largest absolute Gasteiger partial charge is 0.0823 e. The van der Waals surface area contributed by atoms with E-state index in [0.717, 1.165) is 3.92 Å². The molecule has 0 saturated carbocycles. The van der Waals surface area contributed by atoms with Gasteiger partial charge in [0.05, 0.1) is 0 Å². The highest BCUT2D eigenvalue weighted by Gasteiger charge is 2.07. The molecule has 0 aromatic heterocycles. The fourth-order valence-electron chi connectivity index (χ4n) is 3.92. The van der Waals surface area contributed by atoms with Crippen molar-refractivity contribution in [1.82, 2.24) is 0 Å². The molecule has 0 heterocycles. The average Bonchev–Trinajstić information content (AvgIpc) is 2.66. The molecule has 0 fully saturated rings. The number of aryl methyl sites for hydroxylation is 1. The average molecular weight is 485 g/mol. The molecule has 0 aliphatic rings. The standard InChI is InChI=1S/C26H45I/c1-3-4-5-6-7-8-9-10-11-12-13-14-15-16-17-22-26(27)23-25-21-19-18-20-24(25)2/h18-21,26H,3-17,22-23H2,1-2H3. The molecule has 156 valence electrons. The fourth-order valence-corrected chi connectivity index (χ4v) is 4.83. The van der Waals surface area contributed by atoms with Gasteiger partial charge in [0.1, 0.15) is 0 Å². The minimum absolute atomic E-state index is 0.797. The van der Waals surface area contributed by atoms with Crippen molar-refractivity contribution in [3.8, 4) is 0 Å². The van der Waals surface area contributed by atoms with E-state index in [4.69, 9.17) is 0 Å². The Morgan fingerprint density at radius 1 is 0.667 bits per heavy atom. The van der Waals surface area contributed by atoms with Crippen LogP contribution in [0.3, 0.4) is 0 Å². The number of hydrogen-bond donors (Lipinski definition) is 0. The van der Waals surface area contributed by atoms with Crippen LogP contribution >= 0.6 is 22.6 Å². The van der Waals surface area contributed by atoms with Gasteiger partial charge < -0.3 is 0 Å². The molecule has 1 unspecified atom stereocenters. The van der Waals surface area contributed by atoms with Crippen LogP contribution in [0.4, 0.5) is 0 Å². The van der Waals surface area contributed by atoms with Gasteiger partial charge in [-0.3, -0.25) is 0 Å². The lowest BCUT2D eigenvalue weighted by Crippen LogP contribution is -2.03. The number of hydrogen-bond acceptors (Lipinski definition) is 0. The van der Waals surface area contributed by atoms with Crippen LogP contribution in [-0.4, -0.2) is 3.92 Å². The Balaban J connectivity index is 1.82. The van der Waals surface area contributed by atoms with Crippen LogP contribution in [0.15, 0.2) is 24.3 Å². The van der Waals surface area contributed by atoms with E-state index in [9.17, 15) is 0 Å². The van der Waals surface area contributed by atoms with Crippen LogP contribution in [0.2, 0.25) is 0 Å². The predicted octanol–water partition coefficient (Wildman–Crippen LogP) is 9.60. The molecule has 0 N–H and O–H groups in total. The number of alkyl halides is 1. The highest BCUT2D eigenvalue weighted by Crippen LogP contribution is 2.20. The van der Waals surface area contributed by atoms with Crippen LogP contribution in [0.5, 0.6) is 0 Å². The van der Waals surface area contributed by atoms with E-state index in [1.54, 1.807) is 0 Å². The van der Waals surface area contributed by atoms with Gasteiger partial charge in [-0.2, -0.15) is 0 Å². The number of benzene rings is 1. The zero-order valence-corrected chi connectivity index (χ0v) is 20.4. The van der Waals surface area contributed by atoms with Crippen LogP contribution < -0.4 is 0 Å². The lowest BCUT2D eigenvalue weighted by Gasteiger charge is -2.11. The Bertz CT molecular complexity index is 440. The van der Waals surface area contributed by atoms with Gasteiger partial charge in [0.2, 0.25) is 0 Å². The zero-order chi connectivity index (χ0) is 19.6. The molecule has 0 bridgehead atoms. The molecule has 1 heteroatoms. The number of rotatable bonds is 18. The Kier molecular flexibility index (Phi) is 16.7. The van der Waals surface area contributed by atoms with Crippen molar-refractivity contribution in [3.05, 3.63) is 35.4 Å². The lowest BCUT2D eigenvalue weighted by atomic mass is 10.0. The van der Waals surface area contributed by atoms with E-state index < -0.39 is 0 Å². The van der Waals surface area contributed by atoms with Gasteiger partial charge in [0.25, 0.3) is 0 Å². The highest BCUT2D eigenvalue weighted by molar-refractivity contribution is 14.1. The van der Waals surface area contributed by atoms with Crippen molar-refractivity contribution in [3.63, 3.8) is 0 Å². The third-order valence-electron chi connectivity index (χ3n) is 5.82. The molecule has 0 aliphatic heterocycles. The van der Waals surface area contributed by atoms with Gasteiger partial charge in [-0.1, -0.05) is 150 Å². The summed E-state index contributed by atoms with van der Waals surface area (Å²) in [5, 5.41) is 0. The molecule has 1 rings (SSSR count). The van der Waals surface area contributed by atoms with Crippen LogP contribution in [0.25, 0.3) is 0 Å². The Hall–Kier alpha value is -0.0500. The maximum absolute atomic E-state index is 2.66. The van der Waals surface area contributed by atoms with E-state index in [0.29, 0.717) is 0 Å². The normalized spacial score (nSPS) is 12.4. The number of halogens is 1. The molecular weight excluding hydrogens is 439 g/mol. The van der Waals surface area contributed by atoms with E-state index in [-0.39, 0.29) is 0 Å². The van der Waals surface area contributed by atoms with Crippen LogP contribution in [0.1, 0.15) is 121 Å². The maximum Gasteiger partial charge on any atom is 0.0150 e. The second-order valence-corrected chi connectivity index (χ2v) is 10.2. The van der Waals surface area contributed by atoms with Gasteiger partial charge in [-0.05, 0) is 30.9 Å². The summed E-state index contributed by atoms with van der Waals surface area (Å²) >= 11 is 2.66. The Labute approximate surface area is 184 Å². The fraction of sp³-hybridized carbons (Fsp3) is 0.769. The first-order chi connectivity index (χ1) is 13.2. The van der Waals surface area contributed by atoms with Gasteiger partial charge >= 0.3 is 0 Å². The first-order valence-electron chi connectivity index (χ1n) is 11.9. The van der Waals surface area contributed by atoms with Gasteiger partial charge in [0, 0.05) is 3.92 Å². The zero-order valence-electron chi connectivity index (χ0n) is 18.3. The van der Waals surface area contributed by atoms with Crippen LogP contribution in [0, 0.1) is 6.92 Å². The number of unbranched alkanes of at least 4 members (excludes halogenated alkanes) is 14. The quantitative estimate of drug-likeness (QED) is 0.111. The van der Waals surface area contributed by atoms with E-state index in [1.807, 2.05) is 0 Å². The molecule has 0 saturated heterocycles. The molecule has 0 aliphatic carbocycles. The minimum Gasteiger partial charge on any atom is -0.0823 e. The summed E-state index contributed by atoms with van der Waals surface area (Å²) < 4.78 is 0.797. The summed E-state index contributed by atoms with van der Waals surface area (Å²) in [6, 6.07) is 8.87. The third-order valence-corrected chi connectivity index (χ3v) is 6.89. The topological polar surface area (TPSA) is 0 Å². The predicted molar refractivity (Wildman–Crippen MR) is 132 cm³/mol. The molecule has 27 heavy (non-hydrogen) atoms. The van der Waals surface area contributed by atoms with Gasteiger partial charge in [-0.25, -0.2) is 0 Å². The first-order valence-corrected chi connectivity index (χ1v) is 13.2. The molecule has 1 aromatic carbocycles. The van der Waals surface area contributed by atoms with Crippen molar-refractivity contribution in [2.75, 3.05) is 0 Å². The monoisotopic (exact) mass is 484 g/mol. The smallest absolute Gasteiger partial charge is 0.0150 e. The maximum atomic E-state index is 2.66. The van der Waals surface area contributed by atoms with Gasteiger partial charge in [-0.15, -0.1) is 0 Å². The molecule has 0 nitrogen and oxygen atoms in total. The second kappa shape index (κ2) is 18.0.